The fourth-order valence-corrected chi connectivity index (χ4v) is 3.16. The molecule has 3 nitrogen and oxygen atoms in total. The van der Waals surface area contributed by atoms with Crippen molar-refractivity contribution in [3.8, 4) is 0 Å². The summed E-state index contributed by atoms with van der Waals surface area (Å²) in [5, 5.41) is 3.63. The Bertz CT molecular complexity index is 152. The monoisotopic (exact) mass is 182 g/mol. The van der Waals surface area contributed by atoms with Gasteiger partial charge in [-0.05, 0) is 19.3 Å². The van der Waals surface area contributed by atoms with E-state index in [9.17, 15) is 0 Å². The molecule has 3 heteroatoms. The van der Waals surface area contributed by atoms with E-state index in [1.165, 1.54) is 32.4 Å². The number of morpholine rings is 1. The van der Waals surface area contributed by atoms with Crippen LogP contribution in [0.5, 0.6) is 0 Å². The van der Waals surface area contributed by atoms with Gasteiger partial charge in [0.2, 0.25) is 0 Å². The van der Waals surface area contributed by atoms with E-state index in [4.69, 9.17) is 4.74 Å². The van der Waals surface area contributed by atoms with E-state index in [2.05, 4.69) is 10.2 Å². The summed E-state index contributed by atoms with van der Waals surface area (Å²) >= 11 is 0. The molecule has 1 saturated carbocycles. The van der Waals surface area contributed by atoms with Gasteiger partial charge in [0.05, 0.1) is 18.8 Å². The zero-order valence-electron chi connectivity index (χ0n) is 8.04. The summed E-state index contributed by atoms with van der Waals surface area (Å²) in [6, 6.07) is 1.41. The SMILES string of the molecule is C1CC2NCCN3CCOC(C1)C23. The van der Waals surface area contributed by atoms with Crippen molar-refractivity contribution in [1.29, 1.82) is 0 Å². The minimum atomic E-state index is 0.528. The zero-order valence-corrected chi connectivity index (χ0v) is 8.04. The molecule has 1 aliphatic carbocycles. The molecule has 2 heterocycles. The Morgan fingerprint density at radius 2 is 2.23 bits per heavy atom. The normalized spacial score (nSPS) is 45.7. The lowest BCUT2D eigenvalue weighted by Gasteiger charge is -2.51. The molecular formula is C10H18N2O. The number of rotatable bonds is 0. The second-order valence-electron chi connectivity index (χ2n) is 4.43. The van der Waals surface area contributed by atoms with Crippen LogP contribution in [0.15, 0.2) is 0 Å². The molecule has 0 aromatic rings. The van der Waals surface area contributed by atoms with Gasteiger partial charge in [-0.1, -0.05) is 0 Å². The highest BCUT2D eigenvalue weighted by atomic mass is 16.5. The molecule has 2 aliphatic heterocycles. The highest BCUT2D eigenvalue weighted by Gasteiger charge is 2.41. The molecule has 2 saturated heterocycles. The average Bonchev–Trinajstić information content (AvgIpc) is 2.19. The Kier molecular flexibility index (Phi) is 2.04. The first-order chi connectivity index (χ1) is 6.45. The molecule has 3 unspecified atom stereocenters. The Labute approximate surface area is 79.4 Å². The molecule has 13 heavy (non-hydrogen) atoms. The molecular weight excluding hydrogens is 164 g/mol. The number of nitrogens with zero attached hydrogens (tertiary/aromatic N) is 1. The van der Waals surface area contributed by atoms with Crippen molar-refractivity contribution >= 4 is 0 Å². The van der Waals surface area contributed by atoms with Crippen LogP contribution in [0.25, 0.3) is 0 Å². The van der Waals surface area contributed by atoms with Crippen LogP contribution in [-0.4, -0.2) is 49.3 Å². The van der Waals surface area contributed by atoms with E-state index < -0.39 is 0 Å². The van der Waals surface area contributed by atoms with E-state index in [0.29, 0.717) is 18.2 Å². The number of hydrogen-bond donors (Lipinski definition) is 1. The Balaban J connectivity index is 1.82. The molecule has 3 fully saturated rings. The minimum absolute atomic E-state index is 0.528. The van der Waals surface area contributed by atoms with Crippen LogP contribution in [0.1, 0.15) is 19.3 Å². The fourth-order valence-electron chi connectivity index (χ4n) is 3.16. The number of hydrogen-bond acceptors (Lipinski definition) is 3. The first kappa shape index (κ1) is 8.21. The van der Waals surface area contributed by atoms with Crippen molar-refractivity contribution < 1.29 is 4.74 Å². The van der Waals surface area contributed by atoms with Gasteiger partial charge in [0.15, 0.2) is 0 Å². The van der Waals surface area contributed by atoms with Gasteiger partial charge in [-0.25, -0.2) is 0 Å². The van der Waals surface area contributed by atoms with Crippen LogP contribution >= 0.6 is 0 Å². The van der Waals surface area contributed by atoms with Crippen LogP contribution in [0.2, 0.25) is 0 Å². The van der Waals surface area contributed by atoms with Crippen LogP contribution in [-0.2, 0) is 4.74 Å². The second kappa shape index (κ2) is 3.23. The number of ether oxygens (including phenoxy) is 1. The molecule has 3 rings (SSSR count). The van der Waals surface area contributed by atoms with Crippen molar-refractivity contribution in [3.63, 3.8) is 0 Å². The Morgan fingerprint density at radius 3 is 3.23 bits per heavy atom. The molecule has 0 bridgehead atoms. The molecule has 0 aromatic heterocycles. The standard InChI is InChI=1S/C10H18N2O/c1-2-8-10-9(3-1)13-7-6-12(10)5-4-11-8/h8-11H,1-7H2. The third-order valence-corrected chi connectivity index (χ3v) is 3.73. The van der Waals surface area contributed by atoms with E-state index >= 15 is 0 Å². The van der Waals surface area contributed by atoms with E-state index in [1.807, 2.05) is 0 Å². The third-order valence-electron chi connectivity index (χ3n) is 3.73. The van der Waals surface area contributed by atoms with Crippen molar-refractivity contribution in [2.75, 3.05) is 26.2 Å². The summed E-state index contributed by atoms with van der Waals surface area (Å²) in [5.74, 6) is 0. The van der Waals surface area contributed by atoms with Crippen molar-refractivity contribution in [3.05, 3.63) is 0 Å². The second-order valence-corrected chi connectivity index (χ2v) is 4.43. The summed E-state index contributed by atoms with van der Waals surface area (Å²) in [4.78, 5) is 2.63. The Morgan fingerprint density at radius 1 is 1.23 bits per heavy atom. The van der Waals surface area contributed by atoms with Crippen LogP contribution in [0.4, 0.5) is 0 Å². The number of piperazine rings is 1. The van der Waals surface area contributed by atoms with Crippen LogP contribution in [0.3, 0.4) is 0 Å². The number of nitrogens with one attached hydrogen (secondary N) is 1. The molecule has 0 amide bonds. The maximum absolute atomic E-state index is 5.84. The highest BCUT2D eigenvalue weighted by molar-refractivity contribution is 4.99. The lowest BCUT2D eigenvalue weighted by atomic mass is 9.84. The van der Waals surface area contributed by atoms with Crippen LogP contribution < -0.4 is 5.32 Å². The molecule has 3 atom stereocenters. The van der Waals surface area contributed by atoms with Gasteiger partial charge in [-0.15, -0.1) is 0 Å². The van der Waals surface area contributed by atoms with Gasteiger partial charge in [-0.3, -0.25) is 4.90 Å². The van der Waals surface area contributed by atoms with E-state index in [1.54, 1.807) is 0 Å². The molecule has 1 N–H and O–H groups in total. The van der Waals surface area contributed by atoms with Gasteiger partial charge in [0, 0.05) is 25.7 Å². The molecule has 0 spiro atoms. The first-order valence-electron chi connectivity index (χ1n) is 5.54. The Hall–Kier alpha value is -0.120. The average molecular weight is 182 g/mol. The molecule has 3 aliphatic rings. The maximum Gasteiger partial charge on any atom is 0.0746 e. The predicted molar refractivity (Wildman–Crippen MR) is 50.7 cm³/mol. The maximum atomic E-state index is 5.84. The lowest BCUT2D eigenvalue weighted by molar-refractivity contribution is -0.109. The van der Waals surface area contributed by atoms with Gasteiger partial charge in [0.25, 0.3) is 0 Å². The van der Waals surface area contributed by atoms with E-state index in [0.717, 1.165) is 13.2 Å². The van der Waals surface area contributed by atoms with Crippen molar-refractivity contribution in [2.24, 2.45) is 0 Å². The minimum Gasteiger partial charge on any atom is -0.375 e. The summed E-state index contributed by atoms with van der Waals surface area (Å²) in [6.45, 7) is 4.50. The molecule has 0 radical (unpaired) electrons. The van der Waals surface area contributed by atoms with Gasteiger partial charge < -0.3 is 10.1 Å². The third kappa shape index (κ3) is 1.30. The summed E-state index contributed by atoms with van der Waals surface area (Å²) in [6.07, 6.45) is 4.49. The first-order valence-corrected chi connectivity index (χ1v) is 5.54. The summed E-state index contributed by atoms with van der Waals surface area (Å²) in [5.41, 5.74) is 0. The van der Waals surface area contributed by atoms with Crippen molar-refractivity contribution in [2.45, 2.75) is 37.5 Å². The predicted octanol–water partition coefficient (Wildman–Crippen LogP) is 0.211. The van der Waals surface area contributed by atoms with Gasteiger partial charge in [-0.2, -0.15) is 0 Å². The molecule has 0 aromatic carbocycles. The lowest BCUT2D eigenvalue weighted by Crippen LogP contribution is -2.67. The highest BCUT2D eigenvalue weighted by Crippen LogP contribution is 2.30. The van der Waals surface area contributed by atoms with Crippen molar-refractivity contribution in [1.82, 2.24) is 10.2 Å². The van der Waals surface area contributed by atoms with Crippen LogP contribution in [0, 0.1) is 0 Å². The van der Waals surface area contributed by atoms with Gasteiger partial charge in [0.1, 0.15) is 0 Å². The topological polar surface area (TPSA) is 24.5 Å². The summed E-state index contributed by atoms with van der Waals surface area (Å²) < 4.78 is 5.84. The van der Waals surface area contributed by atoms with E-state index in [-0.39, 0.29) is 0 Å². The fraction of sp³-hybridized carbons (Fsp3) is 1.00. The smallest absolute Gasteiger partial charge is 0.0746 e. The largest absolute Gasteiger partial charge is 0.375 e. The van der Waals surface area contributed by atoms with Gasteiger partial charge >= 0.3 is 0 Å². The summed E-state index contributed by atoms with van der Waals surface area (Å²) in [7, 11) is 0. The zero-order chi connectivity index (χ0) is 8.67. The molecule has 74 valence electrons. The quantitative estimate of drug-likeness (QED) is 0.579.